The number of carbonyl (C=O) groups excluding carboxylic acids is 2. The topological polar surface area (TPSA) is 76.0 Å². The van der Waals surface area contributed by atoms with Gasteiger partial charge in [0.25, 0.3) is 5.91 Å². The van der Waals surface area contributed by atoms with Crippen LogP contribution >= 0.6 is 0 Å². The summed E-state index contributed by atoms with van der Waals surface area (Å²) in [5.41, 5.74) is 4.97. The molecular weight excluding hydrogens is 424 g/mol. The Balaban J connectivity index is 1.50. The van der Waals surface area contributed by atoms with E-state index in [1.54, 1.807) is 18.2 Å². The van der Waals surface area contributed by atoms with Gasteiger partial charge in [-0.2, -0.15) is 5.10 Å². The highest BCUT2D eigenvalue weighted by molar-refractivity contribution is 5.94. The van der Waals surface area contributed by atoms with Gasteiger partial charge in [0.15, 0.2) is 0 Å². The van der Waals surface area contributed by atoms with Crippen molar-refractivity contribution >= 4 is 17.9 Å². The third-order valence-electron chi connectivity index (χ3n) is 5.22. The fourth-order valence-corrected chi connectivity index (χ4v) is 3.54. The number of amides is 2. The zero-order valence-corrected chi connectivity index (χ0v) is 18.9. The van der Waals surface area contributed by atoms with Gasteiger partial charge in [-0.05, 0) is 42.8 Å². The molecule has 4 aromatic rings. The first-order valence-corrected chi connectivity index (χ1v) is 11.2. The third-order valence-corrected chi connectivity index (χ3v) is 5.22. The van der Waals surface area contributed by atoms with Crippen molar-refractivity contribution in [2.24, 2.45) is 0 Å². The van der Waals surface area contributed by atoms with Crippen molar-refractivity contribution in [2.75, 3.05) is 6.54 Å². The van der Waals surface area contributed by atoms with E-state index in [2.05, 4.69) is 10.6 Å². The molecule has 1 heterocycles. The third kappa shape index (κ3) is 5.66. The van der Waals surface area contributed by atoms with Gasteiger partial charge in [0, 0.05) is 42.1 Å². The second-order valence-electron chi connectivity index (χ2n) is 7.69. The van der Waals surface area contributed by atoms with Crippen molar-refractivity contribution in [3.63, 3.8) is 0 Å². The molecule has 0 aliphatic heterocycles. The van der Waals surface area contributed by atoms with Gasteiger partial charge in [0.1, 0.15) is 0 Å². The van der Waals surface area contributed by atoms with Crippen molar-refractivity contribution in [1.29, 1.82) is 0 Å². The zero-order valence-electron chi connectivity index (χ0n) is 18.9. The summed E-state index contributed by atoms with van der Waals surface area (Å²) in [6, 6.07) is 27.0. The number of hydrogen-bond acceptors (Lipinski definition) is 3. The largest absolute Gasteiger partial charge is 0.352 e. The molecule has 0 fully saturated rings. The molecule has 2 amide bonds. The summed E-state index contributed by atoms with van der Waals surface area (Å²) in [6.07, 6.45) is 5.19. The molecule has 0 radical (unpaired) electrons. The number of benzene rings is 3. The molecule has 2 N–H and O–H groups in total. The Bertz CT molecular complexity index is 1290. The first kappa shape index (κ1) is 22.7. The summed E-state index contributed by atoms with van der Waals surface area (Å²) >= 11 is 0. The lowest BCUT2D eigenvalue weighted by molar-refractivity contribution is -0.116. The Kier molecular flexibility index (Phi) is 7.30. The molecule has 0 aliphatic carbocycles. The molecule has 6 heteroatoms. The molecule has 3 aromatic carbocycles. The Hall–Kier alpha value is -4.45. The average molecular weight is 451 g/mol. The summed E-state index contributed by atoms with van der Waals surface area (Å²) in [5, 5.41) is 10.4. The van der Waals surface area contributed by atoms with E-state index in [1.165, 1.54) is 6.08 Å². The normalized spacial score (nSPS) is 10.9. The van der Waals surface area contributed by atoms with E-state index in [0.29, 0.717) is 18.7 Å². The van der Waals surface area contributed by atoms with Gasteiger partial charge in [0.2, 0.25) is 5.91 Å². The Morgan fingerprint density at radius 1 is 0.912 bits per heavy atom. The highest BCUT2D eigenvalue weighted by Crippen LogP contribution is 2.24. The minimum atomic E-state index is -0.227. The van der Waals surface area contributed by atoms with E-state index in [0.717, 1.165) is 28.1 Å². The number of para-hydroxylation sites is 1. The van der Waals surface area contributed by atoms with Crippen molar-refractivity contribution in [3.05, 3.63) is 114 Å². The molecule has 34 heavy (non-hydrogen) atoms. The summed E-state index contributed by atoms with van der Waals surface area (Å²) < 4.78 is 1.81. The van der Waals surface area contributed by atoms with Crippen molar-refractivity contribution < 1.29 is 9.59 Å². The standard InChI is InChI=1S/C28H26N4O2/c1-2-29-28(34)23-13-9-10-21(18-23)19-30-26(33)17-16-24-20-32(25-14-7-4-8-15-25)31-27(24)22-11-5-3-6-12-22/h3-18,20H,2,19H2,1H3,(H,29,34)(H,30,33). The number of aromatic nitrogens is 2. The van der Waals surface area contributed by atoms with E-state index in [-0.39, 0.29) is 11.8 Å². The summed E-state index contributed by atoms with van der Waals surface area (Å²) in [6.45, 7) is 2.77. The van der Waals surface area contributed by atoms with Gasteiger partial charge >= 0.3 is 0 Å². The second kappa shape index (κ2) is 10.9. The fourth-order valence-electron chi connectivity index (χ4n) is 3.54. The van der Waals surface area contributed by atoms with Crippen LogP contribution < -0.4 is 10.6 Å². The lowest BCUT2D eigenvalue weighted by Gasteiger charge is -2.06. The lowest BCUT2D eigenvalue weighted by atomic mass is 10.1. The van der Waals surface area contributed by atoms with Gasteiger partial charge in [-0.25, -0.2) is 4.68 Å². The number of nitrogens with zero attached hydrogens (tertiary/aromatic N) is 2. The van der Waals surface area contributed by atoms with E-state index < -0.39 is 0 Å². The average Bonchev–Trinajstić information content (AvgIpc) is 3.32. The maximum atomic E-state index is 12.5. The van der Waals surface area contributed by atoms with E-state index >= 15 is 0 Å². The van der Waals surface area contributed by atoms with Gasteiger partial charge in [-0.3, -0.25) is 9.59 Å². The monoisotopic (exact) mass is 450 g/mol. The molecule has 170 valence electrons. The Morgan fingerprint density at radius 2 is 1.65 bits per heavy atom. The van der Waals surface area contributed by atoms with Crippen LogP contribution in [0.25, 0.3) is 23.0 Å². The molecule has 0 saturated carbocycles. The molecule has 6 nitrogen and oxygen atoms in total. The van der Waals surface area contributed by atoms with Crippen LogP contribution in [0.1, 0.15) is 28.4 Å². The highest BCUT2D eigenvalue weighted by Gasteiger charge is 2.11. The van der Waals surface area contributed by atoms with Crippen molar-refractivity contribution in [2.45, 2.75) is 13.5 Å². The van der Waals surface area contributed by atoms with Crippen LogP contribution in [0, 0.1) is 0 Å². The van der Waals surface area contributed by atoms with E-state index in [1.807, 2.05) is 90.6 Å². The molecule has 0 saturated heterocycles. The second-order valence-corrected chi connectivity index (χ2v) is 7.69. The van der Waals surface area contributed by atoms with E-state index in [9.17, 15) is 9.59 Å². The first-order valence-electron chi connectivity index (χ1n) is 11.2. The molecule has 0 spiro atoms. The van der Waals surface area contributed by atoms with Gasteiger partial charge in [-0.1, -0.05) is 60.7 Å². The molecule has 0 atom stereocenters. The molecular formula is C28H26N4O2. The molecule has 0 aliphatic rings. The van der Waals surface area contributed by atoms with Crippen LogP contribution in [0.2, 0.25) is 0 Å². The minimum Gasteiger partial charge on any atom is -0.352 e. The van der Waals surface area contributed by atoms with Crippen LogP contribution in [0.5, 0.6) is 0 Å². The lowest BCUT2D eigenvalue weighted by Crippen LogP contribution is -2.23. The first-order chi connectivity index (χ1) is 16.6. The Morgan fingerprint density at radius 3 is 2.38 bits per heavy atom. The number of rotatable bonds is 8. The fraction of sp³-hybridized carbons (Fsp3) is 0.107. The van der Waals surface area contributed by atoms with Crippen LogP contribution in [-0.2, 0) is 11.3 Å². The van der Waals surface area contributed by atoms with Gasteiger partial charge in [-0.15, -0.1) is 0 Å². The van der Waals surface area contributed by atoms with Crippen LogP contribution in [0.15, 0.2) is 97.2 Å². The molecule has 1 aromatic heterocycles. The predicted molar refractivity (Wildman–Crippen MR) is 134 cm³/mol. The van der Waals surface area contributed by atoms with Gasteiger partial charge < -0.3 is 10.6 Å². The summed E-state index contributed by atoms with van der Waals surface area (Å²) in [5.74, 6) is -0.352. The number of nitrogens with one attached hydrogen (secondary N) is 2. The molecule has 4 rings (SSSR count). The SMILES string of the molecule is CCNC(=O)c1cccc(CNC(=O)C=Cc2cn(-c3ccccc3)nc2-c2ccccc2)c1. The molecule has 0 unspecified atom stereocenters. The van der Waals surface area contributed by atoms with Crippen LogP contribution in [0.3, 0.4) is 0 Å². The summed E-state index contributed by atoms with van der Waals surface area (Å²) in [4.78, 5) is 24.6. The Labute approximate surface area is 198 Å². The maximum Gasteiger partial charge on any atom is 0.251 e. The van der Waals surface area contributed by atoms with Crippen molar-refractivity contribution in [3.8, 4) is 16.9 Å². The van der Waals surface area contributed by atoms with Crippen LogP contribution in [0.4, 0.5) is 0 Å². The highest BCUT2D eigenvalue weighted by atomic mass is 16.2. The quantitative estimate of drug-likeness (QED) is 0.385. The number of hydrogen-bond donors (Lipinski definition) is 2. The van der Waals surface area contributed by atoms with E-state index in [4.69, 9.17) is 5.10 Å². The molecule has 0 bridgehead atoms. The smallest absolute Gasteiger partial charge is 0.251 e. The van der Waals surface area contributed by atoms with Crippen molar-refractivity contribution in [1.82, 2.24) is 20.4 Å². The van der Waals surface area contributed by atoms with Gasteiger partial charge in [0.05, 0.1) is 11.4 Å². The maximum absolute atomic E-state index is 12.5. The predicted octanol–water partition coefficient (Wildman–Crippen LogP) is 4.62. The minimum absolute atomic E-state index is 0.126. The summed E-state index contributed by atoms with van der Waals surface area (Å²) in [7, 11) is 0. The zero-order chi connectivity index (χ0) is 23.8. The van der Waals surface area contributed by atoms with Crippen LogP contribution in [-0.4, -0.2) is 28.1 Å². The number of carbonyl (C=O) groups is 2.